The molecule has 0 atom stereocenters. The zero-order valence-electron chi connectivity index (χ0n) is 16.7. The average Bonchev–Trinajstić information content (AvgIpc) is 3.19. The lowest BCUT2D eigenvalue weighted by Gasteiger charge is -2.10. The Hall–Kier alpha value is -3.02. The van der Waals surface area contributed by atoms with Crippen molar-refractivity contribution < 1.29 is 9.53 Å². The zero-order valence-corrected chi connectivity index (χ0v) is 17.6. The van der Waals surface area contributed by atoms with Gasteiger partial charge in [-0.25, -0.2) is 0 Å². The molecule has 0 saturated carbocycles. The maximum Gasteiger partial charge on any atom is 0.189 e. The number of hydrogen-bond donors (Lipinski definition) is 0. The standard InChI is InChI=1S/C25H22N2O2S/c1-2-29-17-24(28)22-8-3-4-9-25(22)30-20-11-12-21-18(15-20)16-27-23(21)13-10-19-7-5-6-14-26-19/h3-15H,2,16-17H2,1H3/b13-10+. The van der Waals surface area contributed by atoms with Crippen molar-refractivity contribution in [2.45, 2.75) is 23.3 Å². The first-order chi connectivity index (χ1) is 14.7. The molecule has 2 heterocycles. The lowest BCUT2D eigenvalue weighted by Crippen LogP contribution is -2.09. The third-order valence-corrected chi connectivity index (χ3v) is 5.79. The van der Waals surface area contributed by atoms with Gasteiger partial charge in [0, 0.05) is 33.7 Å². The first kappa shape index (κ1) is 20.3. The van der Waals surface area contributed by atoms with E-state index in [1.54, 1.807) is 18.0 Å². The molecule has 30 heavy (non-hydrogen) atoms. The molecule has 0 unspecified atom stereocenters. The number of Topliss-reactive ketones (excluding diaryl/α,β-unsaturated/α-hetero) is 1. The molecule has 1 aliphatic heterocycles. The Morgan fingerprint density at radius 3 is 2.80 bits per heavy atom. The fraction of sp³-hybridized carbons (Fsp3) is 0.160. The highest BCUT2D eigenvalue weighted by Crippen LogP contribution is 2.33. The monoisotopic (exact) mass is 414 g/mol. The quantitative estimate of drug-likeness (QED) is 0.459. The SMILES string of the molecule is CCOCC(=O)c1ccccc1Sc1ccc2c(c1)CN=C2/C=C/c1ccccn1. The summed E-state index contributed by atoms with van der Waals surface area (Å²) in [7, 11) is 0. The Bertz CT molecular complexity index is 1110. The van der Waals surface area contributed by atoms with Gasteiger partial charge in [-0.1, -0.05) is 42.1 Å². The van der Waals surface area contributed by atoms with Crippen molar-refractivity contribution in [3.63, 3.8) is 0 Å². The highest BCUT2D eigenvalue weighted by atomic mass is 32.2. The van der Waals surface area contributed by atoms with Crippen LogP contribution in [-0.4, -0.2) is 29.7 Å². The van der Waals surface area contributed by atoms with Crippen LogP contribution in [0, 0.1) is 0 Å². The molecular weight excluding hydrogens is 392 g/mol. The first-order valence-corrected chi connectivity index (χ1v) is 10.7. The smallest absolute Gasteiger partial charge is 0.189 e. The minimum Gasteiger partial charge on any atom is -0.374 e. The second-order valence-corrected chi connectivity index (χ2v) is 7.88. The Morgan fingerprint density at radius 1 is 1.10 bits per heavy atom. The predicted octanol–water partition coefficient (Wildman–Crippen LogP) is 5.47. The van der Waals surface area contributed by atoms with E-state index in [0.717, 1.165) is 26.8 Å². The summed E-state index contributed by atoms with van der Waals surface area (Å²) >= 11 is 1.60. The third-order valence-electron chi connectivity index (χ3n) is 4.72. The topological polar surface area (TPSA) is 51.5 Å². The Balaban J connectivity index is 1.50. The Morgan fingerprint density at radius 2 is 1.97 bits per heavy atom. The number of carbonyl (C=O) groups is 1. The van der Waals surface area contributed by atoms with E-state index in [1.165, 1.54) is 5.56 Å². The van der Waals surface area contributed by atoms with E-state index in [2.05, 4.69) is 28.2 Å². The highest BCUT2D eigenvalue weighted by Gasteiger charge is 2.16. The van der Waals surface area contributed by atoms with Crippen LogP contribution < -0.4 is 0 Å². The molecule has 2 aromatic carbocycles. The number of ketones is 1. The van der Waals surface area contributed by atoms with Gasteiger partial charge in [-0.05, 0) is 55.0 Å². The van der Waals surface area contributed by atoms with Crippen LogP contribution in [0.2, 0.25) is 0 Å². The molecule has 3 aromatic rings. The van der Waals surface area contributed by atoms with Crippen molar-refractivity contribution in [2.24, 2.45) is 4.99 Å². The van der Waals surface area contributed by atoms with E-state index in [0.29, 0.717) is 18.7 Å². The molecule has 0 saturated heterocycles. The fourth-order valence-electron chi connectivity index (χ4n) is 3.24. The lowest BCUT2D eigenvalue weighted by atomic mass is 10.1. The second kappa shape index (κ2) is 9.65. The normalized spacial score (nSPS) is 12.8. The molecule has 1 aliphatic rings. The van der Waals surface area contributed by atoms with Crippen molar-refractivity contribution in [1.29, 1.82) is 0 Å². The summed E-state index contributed by atoms with van der Waals surface area (Å²) < 4.78 is 5.30. The van der Waals surface area contributed by atoms with Crippen LogP contribution in [0.15, 0.2) is 87.7 Å². The molecular formula is C25H22N2O2S. The van der Waals surface area contributed by atoms with Crippen molar-refractivity contribution in [2.75, 3.05) is 13.2 Å². The minimum absolute atomic E-state index is 0.00592. The molecule has 4 rings (SSSR count). The van der Waals surface area contributed by atoms with Crippen molar-refractivity contribution in [1.82, 2.24) is 4.98 Å². The largest absolute Gasteiger partial charge is 0.374 e. The maximum absolute atomic E-state index is 12.5. The van der Waals surface area contributed by atoms with E-state index < -0.39 is 0 Å². The zero-order chi connectivity index (χ0) is 20.8. The molecule has 1 aromatic heterocycles. The lowest BCUT2D eigenvalue weighted by molar-refractivity contribution is 0.0780. The fourth-order valence-corrected chi connectivity index (χ4v) is 4.27. The van der Waals surface area contributed by atoms with Gasteiger partial charge in [-0.15, -0.1) is 0 Å². The summed E-state index contributed by atoms with van der Waals surface area (Å²) in [5, 5.41) is 0. The maximum atomic E-state index is 12.5. The minimum atomic E-state index is 0.00592. The van der Waals surface area contributed by atoms with Crippen LogP contribution in [0.5, 0.6) is 0 Å². The third kappa shape index (κ3) is 4.75. The molecule has 4 nitrogen and oxygen atoms in total. The molecule has 0 aliphatic carbocycles. The van der Waals surface area contributed by atoms with Crippen LogP contribution in [0.3, 0.4) is 0 Å². The number of allylic oxidation sites excluding steroid dienone is 1. The number of ether oxygens (including phenoxy) is 1. The number of carbonyl (C=O) groups excluding carboxylic acids is 1. The van der Waals surface area contributed by atoms with Gasteiger partial charge in [0.25, 0.3) is 0 Å². The van der Waals surface area contributed by atoms with Crippen LogP contribution >= 0.6 is 11.8 Å². The number of benzene rings is 2. The van der Waals surface area contributed by atoms with Gasteiger partial charge in [0.2, 0.25) is 0 Å². The molecule has 0 spiro atoms. The van der Waals surface area contributed by atoms with E-state index in [4.69, 9.17) is 4.74 Å². The van der Waals surface area contributed by atoms with Gasteiger partial charge < -0.3 is 4.74 Å². The summed E-state index contributed by atoms with van der Waals surface area (Å²) in [6.45, 7) is 3.19. The predicted molar refractivity (Wildman–Crippen MR) is 121 cm³/mol. The Kier molecular flexibility index (Phi) is 6.52. The van der Waals surface area contributed by atoms with Crippen LogP contribution in [0.25, 0.3) is 6.08 Å². The molecule has 0 radical (unpaired) electrons. The summed E-state index contributed by atoms with van der Waals surface area (Å²) in [4.78, 5) is 23.5. The summed E-state index contributed by atoms with van der Waals surface area (Å²) in [5.74, 6) is 0.00592. The summed E-state index contributed by atoms with van der Waals surface area (Å²) in [5.41, 5.74) is 4.92. The van der Waals surface area contributed by atoms with Crippen LogP contribution in [0.4, 0.5) is 0 Å². The van der Waals surface area contributed by atoms with Crippen molar-refractivity contribution in [3.8, 4) is 0 Å². The molecule has 5 heteroatoms. The number of aromatic nitrogens is 1. The molecule has 0 fully saturated rings. The van der Waals surface area contributed by atoms with Gasteiger partial charge in [0.05, 0.1) is 18.0 Å². The van der Waals surface area contributed by atoms with E-state index in [9.17, 15) is 4.79 Å². The number of aliphatic imine (C=N–C) groups is 1. The van der Waals surface area contributed by atoms with Gasteiger partial charge in [0.1, 0.15) is 6.61 Å². The van der Waals surface area contributed by atoms with Gasteiger partial charge in [-0.3, -0.25) is 14.8 Å². The van der Waals surface area contributed by atoms with Crippen molar-refractivity contribution in [3.05, 3.63) is 95.3 Å². The number of pyridine rings is 1. The molecule has 0 N–H and O–H groups in total. The van der Waals surface area contributed by atoms with Gasteiger partial charge in [-0.2, -0.15) is 0 Å². The molecule has 0 bridgehead atoms. The first-order valence-electron chi connectivity index (χ1n) is 9.89. The van der Waals surface area contributed by atoms with E-state index in [1.807, 2.05) is 61.5 Å². The number of nitrogens with zero attached hydrogens (tertiary/aromatic N) is 2. The van der Waals surface area contributed by atoms with Gasteiger partial charge in [0.15, 0.2) is 5.78 Å². The molecule has 0 amide bonds. The van der Waals surface area contributed by atoms with Crippen LogP contribution in [-0.2, 0) is 11.3 Å². The Labute approximate surface area is 180 Å². The van der Waals surface area contributed by atoms with E-state index in [-0.39, 0.29) is 12.4 Å². The summed E-state index contributed by atoms with van der Waals surface area (Å²) in [6, 6.07) is 19.9. The number of rotatable bonds is 8. The summed E-state index contributed by atoms with van der Waals surface area (Å²) in [6.07, 6.45) is 5.78. The highest BCUT2D eigenvalue weighted by molar-refractivity contribution is 7.99. The molecule has 150 valence electrons. The van der Waals surface area contributed by atoms with Crippen LogP contribution in [0.1, 0.15) is 34.1 Å². The van der Waals surface area contributed by atoms with Gasteiger partial charge >= 0.3 is 0 Å². The second-order valence-electron chi connectivity index (χ2n) is 6.77. The number of fused-ring (bicyclic) bond motifs is 1. The van der Waals surface area contributed by atoms with Crippen molar-refractivity contribution >= 4 is 29.3 Å². The van der Waals surface area contributed by atoms with E-state index >= 15 is 0 Å². The average molecular weight is 415 g/mol. The number of hydrogen-bond acceptors (Lipinski definition) is 5.